The second-order valence-corrected chi connectivity index (χ2v) is 3.47. The third-order valence-electron chi connectivity index (χ3n) is 2.36. The molecule has 0 aliphatic rings. The van der Waals surface area contributed by atoms with E-state index in [2.05, 4.69) is 5.18 Å². The lowest BCUT2D eigenvalue weighted by Crippen LogP contribution is -1.78. The van der Waals surface area contributed by atoms with Gasteiger partial charge in [-0.15, -0.1) is 4.91 Å². The molecule has 0 aliphatic heterocycles. The molecule has 0 unspecified atom stereocenters. The van der Waals surface area contributed by atoms with Crippen LogP contribution < -0.4 is 0 Å². The van der Waals surface area contributed by atoms with E-state index in [1.54, 1.807) is 6.07 Å². The SMILES string of the molecule is Cc1ccc(-c2ccccc2N=O)cc1. The van der Waals surface area contributed by atoms with Crippen molar-refractivity contribution in [3.63, 3.8) is 0 Å². The molecule has 0 aromatic heterocycles. The van der Waals surface area contributed by atoms with Gasteiger partial charge in [-0.05, 0) is 23.7 Å². The summed E-state index contributed by atoms with van der Waals surface area (Å²) in [5, 5.41) is 3.02. The van der Waals surface area contributed by atoms with Crippen LogP contribution in [0.3, 0.4) is 0 Å². The van der Waals surface area contributed by atoms with Crippen LogP contribution in [-0.2, 0) is 0 Å². The van der Waals surface area contributed by atoms with Gasteiger partial charge in [0.15, 0.2) is 0 Å². The van der Waals surface area contributed by atoms with Crippen LogP contribution in [0.5, 0.6) is 0 Å². The molecule has 0 fully saturated rings. The van der Waals surface area contributed by atoms with E-state index in [4.69, 9.17) is 0 Å². The lowest BCUT2D eigenvalue weighted by atomic mass is 10.0. The monoisotopic (exact) mass is 197 g/mol. The van der Waals surface area contributed by atoms with Gasteiger partial charge in [-0.25, -0.2) is 0 Å². The summed E-state index contributed by atoms with van der Waals surface area (Å²) in [5.74, 6) is 0. The molecule has 0 heterocycles. The first-order chi connectivity index (χ1) is 7.31. The predicted molar refractivity (Wildman–Crippen MR) is 62.1 cm³/mol. The fraction of sp³-hybridized carbons (Fsp3) is 0.0769. The Morgan fingerprint density at radius 2 is 1.60 bits per heavy atom. The van der Waals surface area contributed by atoms with E-state index in [0.29, 0.717) is 5.69 Å². The highest BCUT2D eigenvalue weighted by Gasteiger charge is 2.03. The Balaban J connectivity index is 2.53. The van der Waals surface area contributed by atoms with E-state index < -0.39 is 0 Å². The molecule has 74 valence electrons. The van der Waals surface area contributed by atoms with Gasteiger partial charge in [-0.2, -0.15) is 0 Å². The number of nitrogens with zero attached hydrogens (tertiary/aromatic N) is 1. The minimum Gasteiger partial charge on any atom is -0.145 e. The number of rotatable bonds is 2. The Labute approximate surface area is 88.5 Å². The average Bonchev–Trinajstić information content (AvgIpc) is 2.30. The Morgan fingerprint density at radius 3 is 2.27 bits per heavy atom. The quantitative estimate of drug-likeness (QED) is 0.667. The van der Waals surface area contributed by atoms with Crippen LogP contribution in [0.2, 0.25) is 0 Å². The van der Waals surface area contributed by atoms with Crippen molar-refractivity contribution in [2.45, 2.75) is 6.92 Å². The van der Waals surface area contributed by atoms with Crippen molar-refractivity contribution < 1.29 is 0 Å². The Morgan fingerprint density at radius 1 is 0.933 bits per heavy atom. The molecule has 0 spiro atoms. The van der Waals surface area contributed by atoms with E-state index in [0.717, 1.165) is 11.1 Å². The Hall–Kier alpha value is -1.96. The van der Waals surface area contributed by atoms with Crippen LogP contribution in [0.25, 0.3) is 11.1 Å². The number of hydrogen-bond acceptors (Lipinski definition) is 2. The predicted octanol–water partition coefficient (Wildman–Crippen LogP) is 4.06. The molecule has 0 amide bonds. The van der Waals surface area contributed by atoms with Crippen molar-refractivity contribution in [3.05, 3.63) is 59.0 Å². The second-order valence-electron chi connectivity index (χ2n) is 3.47. The van der Waals surface area contributed by atoms with Gasteiger partial charge in [0.2, 0.25) is 0 Å². The molecule has 0 saturated heterocycles. The fourth-order valence-corrected chi connectivity index (χ4v) is 1.53. The van der Waals surface area contributed by atoms with Crippen molar-refractivity contribution in [2.24, 2.45) is 5.18 Å². The molecule has 2 rings (SSSR count). The summed E-state index contributed by atoms with van der Waals surface area (Å²) in [5.41, 5.74) is 3.60. The molecule has 15 heavy (non-hydrogen) atoms. The van der Waals surface area contributed by atoms with Crippen LogP contribution in [0, 0.1) is 11.8 Å². The molecule has 0 N–H and O–H groups in total. The van der Waals surface area contributed by atoms with Gasteiger partial charge in [0, 0.05) is 5.56 Å². The highest BCUT2D eigenvalue weighted by molar-refractivity contribution is 5.75. The first-order valence-electron chi connectivity index (χ1n) is 4.80. The van der Waals surface area contributed by atoms with E-state index >= 15 is 0 Å². The maximum Gasteiger partial charge on any atom is 0.115 e. The maximum absolute atomic E-state index is 10.6. The number of aryl methyl sites for hydroxylation is 1. The van der Waals surface area contributed by atoms with Crippen molar-refractivity contribution >= 4 is 5.69 Å². The third-order valence-corrected chi connectivity index (χ3v) is 2.36. The van der Waals surface area contributed by atoms with Crippen LogP contribution >= 0.6 is 0 Å². The highest BCUT2D eigenvalue weighted by atomic mass is 16.3. The van der Waals surface area contributed by atoms with Gasteiger partial charge in [-0.3, -0.25) is 0 Å². The fourth-order valence-electron chi connectivity index (χ4n) is 1.53. The van der Waals surface area contributed by atoms with Crippen LogP contribution in [0.1, 0.15) is 5.56 Å². The molecular formula is C13H11NO. The summed E-state index contributed by atoms with van der Waals surface area (Å²) in [6, 6.07) is 15.4. The van der Waals surface area contributed by atoms with Gasteiger partial charge < -0.3 is 0 Å². The summed E-state index contributed by atoms with van der Waals surface area (Å²) in [4.78, 5) is 10.6. The standard InChI is InChI=1S/C13H11NO/c1-10-6-8-11(9-7-10)12-4-2-3-5-13(12)14-15/h2-9H,1H3. The van der Waals surface area contributed by atoms with Gasteiger partial charge in [0.1, 0.15) is 5.69 Å². The van der Waals surface area contributed by atoms with E-state index in [-0.39, 0.29) is 0 Å². The van der Waals surface area contributed by atoms with E-state index in [1.165, 1.54) is 5.56 Å². The molecule has 0 atom stereocenters. The maximum atomic E-state index is 10.6. The second kappa shape index (κ2) is 4.05. The van der Waals surface area contributed by atoms with Gasteiger partial charge >= 0.3 is 0 Å². The number of nitroso groups, excluding NO2 is 1. The summed E-state index contributed by atoms with van der Waals surface area (Å²) >= 11 is 0. The zero-order chi connectivity index (χ0) is 10.7. The molecular weight excluding hydrogens is 186 g/mol. The van der Waals surface area contributed by atoms with Gasteiger partial charge in [-0.1, -0.05) is 48.0 Å². The van der Waals surface area contributed by atoms with Crippen molar-refractivity contribution in [1.29, 1.82) is 0 Å². The Bertz CT molecular complexity index is 474. The van der Waals surface area contributed by atoms with Gasteiger partial charge in [0.25, 0.3) is 0 Å². The molecule has 0 radical (unpaired) electrons. The molecule has 0 saturated carbocycles. The highest BCUT2D eigenvalue weighted by Crippen LogP contribution is 2.29. The number of benzene rings is 2. The Kier molecular flexibility index (Phi) is 2.59. The van der Waals surface area contributed by atoms with Crippen molar-refractivity contribution in [3.8, 4) is 11.1 Å². The van der Waals surface area contributed by atoms with Crippen LogP contribution in [-0.4, -0.2) is 0 Å². The minimum atomic E-state index is 0.487. The lowest BCUT2D eigenvalue weighted by molar-refractivity contribution is 1.45. The third kappa shape index (κ3) is 1.94. The lowest BCUT2D eigenvalue weighted by Gasteiger charge is -2.03. The molecule has 2 aromatic carbocycles. The first-order valence-corrected chi connectivity index (χ1v) is 4.80. The van der Waals surface area contributed by atoms with E-state index in [9.17, 15) is 4.91 Å². The summed E-state index contributed by atoms with van der Waals surface area (Å²) in [6.45, 7) is 2.04. The van der Waals surface area contributed by atoms with Crippen LogP contribution in [0.4, 0.5) is 5.69 Å². The normalized spacial score (nSPS) is 9.93. The zero-order valence-electron chi connectivity index (χ0n) is 8.47. The zero-order valence-corrected chi connectivity index (χ0v) is 8.47. The largest absolute Gasteiger partial charge is 0.145 e. The topological polar surface area (TPSA) is 29.4 Å². The summed E-state index contributed by atoms with van der Waals surface area (Å²) < 4.78 is 0. The van der Waals surface area contributed by atoms with Gasteiger partial charge in [0.05, 0.1) is 0 Å². The average molecular weight is 197 g/mol. The van der Waals surface area contributed by atoms with Crippen LogP contribution in [0.15, 0.2) is 53.7 Å². The number of hydrogen-bond donors (Lipinski definition) is 0. The van der Waals surface area contributed by atoms with Crippen molar-refractivity contribution in [2.75, 3.05) is 0 Å². The molecule has 2 heteroatoms. The first kappa shape index (κ1) is 9.59. The molecule has 2 aromatic rings. The molecule has 2 nitrogen and oxygen atoms in total. The van der Waals surface area contributed by atoms with Crippen molar-refractivity contribution in [1.82, 2.24) is 0 Å². The summed E-state index contributed by atoms with van der Waals surface area (Å²) in [7, 11) is 0. The van der Waals surface area contributed by atoms with E-state index in [1.807, 2.05) is 49.4 Å². The molecule has 0 aliphatic carbocycles. The molecule has 0 bridgehead atoms. The smallest absolute Gasteiger partial charge is 0.115 e. The summed E-state index contributed by atoms with van der Waals surface area (Å²) in [6.07, 6.45) is 0. The minimum absolute atomic E-state index is 0.487.